The third kappa shape index (κ3) is 5.25. The maximum atomic E-state index is 13.1. The van der Waals surface area contributed by atoms with E-state index in [4.69, 9.17) is 9.47 Å². The van der Waals surface area contributed by atoms with Crippen LogP contribution in [0.4, 0.5) is 5.13 Å². The Morgan fingerprint density at radius 3 is 2.52 bits per heavy atom. The van der Waals surface area contributed by atoms with E-state index in [0.29, 0.717) is 5.13 Å². The fourth-order valence-corrected chi connectivity index (χ4v) is 6.02. The van der Waals surface area contributed by atoms with E-state index in [0.717, 1.165) is 17.0 Å². The fourth-order valence-electron chi connectivity index (χ4n) is 3.67. The minimum absolute atomic E-state index is 0.0783. The van der Waals surface area contributed by atoms with Crippen molar-refractivity contribution in [3.63, 3.8) is 0 Å². The largest absolute Gasteiger partial charge is 0.497 e. The molecule has 33 heavy (non-hydrogen) atoms. The topological polar surface area (TPSA) is 97.8 Å². The van der Waals surface area contributed by atoms with E-state index < -0.39 is 15.9 Å². The van der Waals surface area contributed by atoms with Gasteiger partial charge in [0.05, 0.1) is 29.9 Å². The summed E-state index contributed by atoms with van der Waals surface area (Å²) in [6, 6.07) is 13.5. The second-order valence-electron chi connectivity index (χ2n) is 7.83. The summed E-state index contributed by atoms with van der Waals surface area (Å²) in [6.07, 6.45) is -0.389. The average molecular weight is 488 g/mol. The van der Waals surface area contributed by atoms with Crippen LogP contribution in [0.3, 0.4) is 0 Å². The highest BCUT2D eigenvalue weighted by molar-refractivity contribution is 7.89. The number of thiazole rings is 1. The molecule has 1 aliphatic heterocycles. The van der Waals surface area contributed by atoms with Crippen LogP contribution in [0.2, 0.25) is 0 Å². The molecule has 1 aromatic heterocycles. The first kappa shape index (κ1) is 23.4. The van der Waals surface area contributed by atoms with E-state index in [-0.39, 0.29) is 35.8 Å². The van der Waals surface area contributed by atoms with Crippen molar-refractivity contribution in [2.45, 2.75) is 31.0 Å². The third-order valence-electron chi connectivity index (χ3n) is 5.23. The smallest absolute Gasteiger partial charge is 0.257 e. The molecule has 174 valence electrons. The van der Waals surface area contributed by atoms with Crippen LogP contribution in [0.15, 0.2) is 58.8 Å². The van der Waals surface area contributed by atoms with E-state index in [1.807, 2.05) is 43.5 Å². The molecular weight excluding hydrogens is 462 g/mol. The lowest BCUT2D eigenvalue weighted by molar-refractivity contribution is -0.0440. The molecule has 1 saturated heterocycles. The van der Waals surface area contributed by atoms with E-state index in [2.05, 4.69) is 10.3 Å². The van der Waals surface area contributed by atoms with Crippen LogP contribution >= 0.6 is 11.3 Å². The molecule has 0 spiro atoms. The monoisotopic (exact) mass is 487 g/mol. The maximum Gasteiger partial charge on any atom is 0.257 e. The normalized spacial score (nSPS) is 19.2. The lowest BCUT2D eigenvalue weighted by Crippen LogP contribution is -2.48. The lowest BCUT2D eigenvalue weighted by Gasteiger charge is -2.34. The summed E-state index contributed by atoms with van der Waals surface area (Å²) >= 11 is 1.30. The van der Waals surface area contributed by atoms with Gasteiger partial charge in [-0.15, -0.1) is 11.3 Å². The minimum Gasteiger partial charge on any atom is -0.497 e. The van der Waals surface area contributed by atoms with Crippen LogP contribution < -0.4 is 10.1 Å². The first-order valence-electron chi connectivity index (χ1n) is 10.4. The molecule has 0 saturated carbocycles. The van der Waals surface area contributed by atoms with E-state index in [1.165, 1.54) is 27.8 Å². The summed E-state index contributed by atoms with van der Waals surface area (Å²) in [4.78, 5) is 17.4. The van der Waals surface area contributed by atoms with Crippen LogP contribution in [-0.2, 0) is 14.8 Å². The van der Waals surface area contributed by atoms with Gasteiger partial charge >= 0.3 is 0 Å². The number of sulfonamides is 1. The Morgan fingerprint density at radius 1 is 1.15 bits per heavy atom. The van der Waals surface area contributed by atoms with Crippen molar-refractivity contribution in [2.75, 3.05) is 25.5 Å². The van der Waals surface area contributed by atoms with Crippen LogP contribution in [0.1, 0.15) is 24.2 Å². The molecule has 1 amide bonds. The van der Waals surface area contributed by atoms with Gasteiger partial charge in [0.25, 0.3) is 5.91 Å². The van der Waals surface area contributed by atoms with Crippen LogP contribution in [0.5, 0.6) is 5.75 Å². The summed E-state index contributed by atoms with van der Waals surface area (Å²) in [6.45, 7) is 4.24. The maximum absolute atomic E-state index is 13.1. The quantitative estimate of drug-likeness (QED) is 0.567. The summed E-state index contributed by atoms with van der Waals surface area (Å²) in [5.41, 5.74) is 1.87. The Hall–Kier alpha value is -2.79. The van der Waals surface area contributed by atoms with E-state index >= 15 is 0 Å². The highest BCUT2D eigenvalue weighted by atomic mass is 32.2. The van der Waals surface area contributed by atoms with Crippen molar-refractivity contribution in [3.8, 4) is 17.0 Å². The first-order valence-corrected chi connectivity index (χ1v) is 12.7. The number of nitrogens with zero attached hydrogens (tertiary/aromatic N) is 2. The number of anilines is 1. The molecule has 2 aromatic carbocycles. The molecule has 3 aromatic rings. The zero-order chi connectivity index (χ0) is 23.6. The SMILES string of the molecule is COc1ccc(-c2csc(NC(=O)c3cccc(S(=O)(=O)N4C[C@@H](C)O[C@@H](C)C4)c3)n2)cc1. The summed E-state index contributed by atoms with van der Waals surface area (Å²) in [5, 5.41) is 5.03. The highest BCUT2D eigenvalue weighted by Gasteiger charge is 2.32. The zero-order valence-electron chi connectivity index (χ0n) is 18.5. The van der Waals surface area contributed by atoms with E-state index in [9.17, 15) is 13.2 Å². The van der Waals surface area contributed by atoms with Gasteiger partial charge in [-0.05, 0) is 56.3 Å². The Morgan fingerprint density at radius 2 is 1.85 bits per heavy atom. The number of amides is 1. The van der Waals surface area contributed by atoms with Gasteiger partial charge in [-0.25, -0.2) is 13.4 Å². The van der Waals surface area contributed by atoms with Gasteiger partial charge < -0.3 is 9.47 Å². The van der Waals surface area contributed by atoms with Crippen LogP contribution in [0, 0.1) is 0 Å². The Bertz CT molecular complexity index is 1230. The van der Waals surface area contributed by atoms with Crippen molar-refractivity contribution in [3.05, 3.63) is 59.5 Å². The Balaban J connectivity index is 1.49. The zero-order valence-corrected chi connectivity index (χ0v) is 20.2. The minimum atomic E-state index is -3.74. The standard InChI is InChI=1S/C23H25N3O5S2/c1-15-12-26(13-16(2)31-15)33(28,29)20-6-4-5-18(11-20)22(27)25-23-24-21(14-32-23)17-7-9-19(30-3)10-8-17/h4-11,14-16H,12-13H2,1-3H3,(H,24,25,27)/t15-,16+. The van der Waals surface area contributed by atoms with Gasteiger partial charge in [-0.2, -0.15) is 4.31 Å². The van der Waals surface area contributed by atoms with Crippen LogP contribution in [-0.4, -0.2) is 56.0 Å². The summed E-state index contributed by atoms with van der Waals surface area (Å²) < 4.78 is 38.5. The molecule has 1 fully saturated rings. The number of carbonyl (C=O) groups excluding carboxylic acids is 1. The number of benzene rings is 2. The second-order valence-corrected chi connectivity index (χ2v) is 10.6. The number of aromatic nitrogens is 1. The number of rotatable bonds is 6. The molecule has 0 radical (unpaired) electrons. The molecule has 1 N–H and O–H groups in total. The molecule has 2 atom stereocenters. The lowest BCUT2D eigenvalue weighted by atomic mass is 10.2. The van der Waals surface area contributed by atoms with Gasteiger partial charge in [0, 0.05) is 29.6 Å². The van der Waals surface area contributed by atoms with Crippen molar-refractivity contribution >= 4 is 32.4 Å². The van der Waals surface area contributed by atoms with Gasteiger partial charge in [0.15, 0.2) is 5.13 Å². The van der Waals surface area contributed by atoms with Gasteiger partial charge in [0.2, 0.25) is 10.0 Å². The summed E-state index contributed by atoms with van der Waals surface area (Å²) in [7, 11) is -2.14. The molecule has 0 bridgehead atoms. The van der Waals surface area contributed by atoms with Crippen molar-refractivity contribution in [1.29, 1.82) is 0 Å². The van der Waals surface area contributed by atoms with Gasteiger partial charge in [0.1, 0.15) is 5.75 Å². The van der Waals surface area contributed by atoms with E-state index in [1.54, 1.807) is 19.2 Å². The van der Waals surface area contributed by atoms with Crippen molar-refractivity contribution < 1.29 is 22.7 Å². The number of ether oxygens (including phenoxy) is 2. The molecule has 1 aliphatic rings. The third-order valence-corrected chi connectivity index (χ3v) is 7.82. The number of nitrogens with one attached hydrogen (secondary N) is 1. The van der Waals surface area contributed by atoms with Gasteiger partial charge in [-0.1, -0.05) is 6.07 Å². The van der Waals surface area contributed by atoms with Gasteiger partial charge in [-0.3, -0.25) is 10.1 Å². The predicted octanol–water partition coefficient (Wildman–Crippen LogP) is 3.87. The second kappa shape index (κ2) is 9.60. The number of hydrogen-bond acceptors (Lipinski definition) is 7. The fraction of sp³-hybridized carbons (Fsp3) is 0.304. The molecule has 4 rings (SSSR count). The molecular formula is C23H25N3O5S2. The number of methoxy groups -OCH3 is 1. The molecule has 10 heteroatoms. The summed E-state index contributed by atoms with van der Waals surface area (Å²) in [5.74, 6) is 0.324. The molecule has 2 heterocycles. The Labute approximate surface area is 197 Å². The van der Waals surface area contributed by atoms with Crippen molar-refractivity contribution in [1.82, 2.24) is 9.29 Å². The number of carbonyl (C=O) groups is 1. The molecule has 0 unspecified atom stereocenters. The number of morpholine rings is 1. The number of hydrogen-bond donors (Lipinski definition) is 1. The average Bonchev–Trinajstić information content (AvgIpc) is 3.27. The first-order chi connectivity index (χ1) is 15.8. The predicted molar refractivity (Wildman–Crippen MR) is 127 cm³/mol. The molecule has 0 aliphatic carbocycles. The highest BCUT2D eigenvalue weighted by Crippen LogP contribution is 2.27. The van der Waals surface area contributed by atoms with Crippen molar-refractivity contribution in [2.24, 2.45) is 0 Å². The van der Waals surface area contributed by atoms with Crippen LogP contribution in [0.25, 0.3) is 11.3 Å². The Kier molecular flexibility index (Phi) is 6.80. The molecule has 8 nitrogen and oxygen atoms in total.